The van der Waals surface area contributed by atoms with Gasteiger partial charge < -0.3 is 14.2 Å². The van der Waals surface area contributed by atoms with Crippen LogP contribution in [0.2, 0.25) is 0 Å². The van der Waals surface area contributed by atoms with Gasteiger partial charge in [0.1, 0.15) is 11.4 Å². The van der Waals surface area contributed by atoms with Crippen LogP contribution in [0.1, 0.15) is 5.69 Å². The highest BCUT2D eigenvalue weighted by Crippen LogP contribution is 2.36. The van der Waals surface area contributed by atoms with E-state index in [1.807, 2.05) is 47.9 Å². The van der Waals surface area contributed by atoms with Crippen LogP contribution in [0.5, 0.6) is 17.2 Å². The molecular weight excluding hydrogens is 358 g/mol. The predicted molar refractivity (Wildman–Crippen MR) is 103 cm³/mol. The van der Waals surface area contributed by atoms with E-state index >= 15 is 0 Å². The van der Waals surface area contributed by atoms with Crippen molar-refractivity contribution in [3.63, 3.8) is 0 Å². The summed E-state index contributed by atoms with van der Waals surface area (Å²) < 4.78 is 18.3. The minimum absolute atomic E-state index is 0.458. The van der Waals surface area contributed by atoms with E-state index in [-0.39, 0.29) is 0 Å². The Morgan fingerprint density at radius 1 is 0.893 bits per heavy atom. The third-order valence-corrected chi connectivity index (χ3v) is 4.65. The summed E-state index contributed by atoms with van der Waals surface area (Å²) in [5.74, 6) is 2.56. The number of rotatable bonds is 5. The topological polar surface area (TPSA) is 86.0 Å². The molecule has 4 aromatic rings. The van der Waals surface area contributed by atoms with Crippen molar-refractivity contribution in [2.24, 2.45) is 0 Å². The maximum absolute atomic E-state index is 5.53. The van der Waals surface area contributed by atoms with E-state index in [1.165, 1.54) is 0 Å². The second-order valence-corrected chi connectivity index (χ2v) is 6.20. The molecule has 4 rings (SSSR count). The minimum Gasteiger partial charge on any atom is -0.497 e. The number of aromatic amines is 1. The molecule has 0 atom stereocenters. The number of fused-ring (bicyclic) bond motifs is 1. The summed E-state index contributed by atoms with van der Waals surface area (Å²) >= 11 is 0. The molecule has 1 N–H and O–H groups in total. The van der Waals surface area contributed by atoms with E-state index in [9.17, 15) is 0 Å². The number of hydrogen-bond acceptors (Lipinski definition) is 6. The van der Waals surface area contributed by atoms with Crippen LogP contribution in [-0.2, 0) is 0 Å². The van der Waals surface area contributed by atoms with Crippen LogP contribution >= 0.6 is 0 Å². The first kappa shape index (κ1) is 17.7. The van der Waals surface area contributed by atoms with Gasteiger partial charge in [-0.1, -0.05) is 5.21 Å². The van der Waals surface area contributed by atoms with Gasteiger partial charge in [0.05, 0.1) is 32.1 Å². The Balaban J connectivity index is 2.10. The van der Waals surface area contributed by atoms with Gasteiger partial charge in [0.25, 0.3) is 0 Å². The fourth-order valence-corrected chi connectivity index (χ4v) is 3.35. The Kier molecular flexibility index (Phi) is 4.52. The number of pyridine rings is 1. The third-order valence-electron chi connectivity index (χ3n) is 4.65. The summed E-state index contributed by atoms with van der Waals surface area (Å²) in [6, 6.07) is 13.8. The lowest BCUT2D eigenvalue weighted by Crippen LogP contribution is -2.38. The molecule has 0 amide bonds. The molecule has 0 radical (unpaired) electrons. The first-order valence-electron chi connectivity index (χ1n) is 8.66. The summed E-state index contributed by atoms with van der Waals surface area (Å²) in [6.07, 6.45) is 0. The fraction of sp³-hybridized carbons (Fsp3) is 0.200. The number of ether oxygens (including phenoxy) is 3. The summed E-state index contributed by atoms with van der Waals surface area (Å²) in [6.45, 7) is 2.00. The van der Waals surface area contributed by atoms with Crippen molar-refractivity contribution in [2.75, 3.05) is 21.3 Å². The van der Waals surface area contributed by atoms with E-state index in [4.69, 9.17) is 14.2 Å². The fourth-order valence-electron chi connectivity index (χ4n) is 3.35. The zero-order valence-electron chi connectivity index (χ0n) is 16.1. The molecule has 8 heteroatoms. The number of hydrogen-bond donors (Lipinski definition) is 1. The van der Waals surface area contributed by atoms with Crippen molar-refractivity contribution in [1.82, 2.24) is 20.6 Å². The van der Waals surface area contributed by atoms with Gasteiger partial charge in [-0.25, -0.2) is 0 Å². The van der Waals surface area contributed by atoms with Gasteiger partial charge in [0.15, 0.2) is 11.5 Å². The molecule has 0 bridgehead atoms. The predicted octanol–water partition coefficient (Wildman–Crippen LogP) is 2.63. The van der Waals surface area contributed by atoms with Crippen LogP contribution in [0.25, 0.3) is 28.0 Å². The summed E-state index contributed by atoms with van der Waals surface area (Å²) in [5.41, 5.74) is 2.85. The van der Waals surface area contributed by atoms with Crippen molar-refractivity contribution in [3.05, 3.63) is 48.2 Å². The van der Waals surface area contributed by atoms with Gasteiger partial charge in [0.2, 0.25) is 0 Å². The number of aryl methyl sites for hydroxylation is 1. The van der Waals surface area contributed by atoms with Crippen LogP contribution in [-0.4, -0.2) is 42.0 Å². The molecule has 0 unspecified atom stereocenters. The second kappa shape index (κ2) is 7.15. The Morgan fingerprint density at radius 3 is 2.21 bits per heavy atom. The molecule has 8 nitrogen and oxygen atoms in total. The lowest BCUT2D eigenvalue weighted by Gasteiger charge is -2.15. The molecule has 0 aliphatic rings. The first-order valence-corrected chi connectivity index (χ1v) is 8.66. The lowest BCUT2D eigenvalue weighted by atomic mass is 10.0. The van der Waals surface area contributed by atoms with E-state index < -0.39 is 0 Å². The molecule has 2 aromatic carbocycles. The Labute approximate surface area is 161 Å². The smallest absolute Gasteiger partial charge is 0.483 e. The van der Waals surface area contributed by atoms with Gasteiger partial charge >= 0.3 is 5.95 Å². The molecule has 0 aliphatic heterocycles. The number of nitrogens with zero attached hydrogens (tertiary/aromatic N) is 4. The van der Waals surface area contributed by atoms with Gasteiger partial charge in [-0.05, 0) is 54.8 Å². The van der Waals surface area contributed by atoms with Gasteiger partial charge in [-0.15, -0.1) is 0 Å². The van der Waals surface area contributed by atoms with Crippen molar-refractivity contribution < 1.29 is 18.8 Å². The van der Waals surface area contributed by atoms with Crippen molar-refractivity contribution in [2.45, 2.75) is 6.92 Å². The third kappa shape index (κ3) is 2.88. The number of nitrogens with one attached hydrogen (secondary N) is 1. The van der Waals surface area contributed by atoms with Crippen LogP contribution in [0, 0.1) is 6.92 Å². The largest absolute Gasteiger partial charge is 0.497 e. The molecule has 28 heavy (non-hydrogen) atoms. The average molecular weight is 378 g/mol. The van der Waals surface area contributed by atoms with Crippen molar-refractivity contribution in [1.29, 1.82) is 0 Å². The highest BCUT2D eigenvalue weighted by molar-refractivity contribution is 5.95. The molecule has 0 saturated carbocycles. The monoisotopic (exact) mass is 378 g/mol. The molecule has 2 heterocycles. The van der Waals surface area contributed by atoms with Gasteiger partial charge in [0, 0.05) is 21.3 Å². The number of aromatic nitrogens is 5. The van der Waals surface area contributed by atoms with Crippen LogP contribution in [0.4, 0.5) is 0 Å². The maximum Gasteiger partial charge on any atom is 0.483 e. The zero-order chi connectivity index (χ0) is 19.7. The molecule has 142 valence electrons. The summed E-state index contributed by atoms with van der Waals surface area (Å²) in [7, 11) is 4.90. The molecule has 0 aliphatic carbocycles. The quantitative estimate of drug-likeness (QED) is 0.537. The number of methoxy groups -OCH3 is 3. The van der Waals surface area contributed by atoms with Crippen LogP contribution in [0.15, 0.2) is 42.5 Å². The summed E-state index contributed by atoms with van der Waals surface area (Å²) in [4.78, 5) is 0. The van der Waals surface area contributed by atoms with Gasteiger partial charge in [-0.3, -0.25) is 0 Å². The second-order valence-electron chi connectivity index (χ2n) is 6.20. The number of tetrazole rings is 1. The zero-order valence-corrected chi connectivity index (χ0v) is 16.1. The maximum atomic E-state index is 5.53. The number of benzene rings is 2. The Hall–Kier alpha value is -3.68. The molecular formula is C20H20N5O3+. The molecule has 0 spiro atoms. The lowest BCUT2D eigenvalue weighted by molar-refractivity contribution is -0.597. The SMILES string of the molecule is COc1ccc(-c2c3cc(OC)c(OC)cc3cc(C)[n+]2-c2nn[nH]n2)cc1. The standard InChI is InChI=1S/C20H20N5O3/c1-12-9-14-10-17(27-3)18(28-4)11-16(14)19(25(12)20-21-23-24-22-20)13-5-7-15(26-2)8-6-13/h5-11H,1-4H3,(H,21,22,23,24)/q+1. The Morgan fingerprint density at radius 2 is 1.61 bits per heavy atom. The van der Waals surface area contributed by atoms with Crippen LogP contribution < -0.4 is 18.8 Å². The summed E-state index contributed by atoms with van der Waals surface area (Å²) in [5, 5.41) is 16.6. The molecule has 2 aromatic heterocycles. The molecule has 0 saturated heterocycles. The van der Waals surface area contributed by atoms with E-state index in [2.05, 4.69) is 26.7 Å². The highest BCUT2D eigenvalue weighted by Gasteiger charge is 2.24. The van der Waals surface area contributed by atoms with E-state index in [0.29, 0.717) is 17.4 Å². The normalized spacial score (nSPS) is 10.9. The average Bonchev–Trinajstić information content (AvgIpc) is 3.26. The first-order chi connectivity index (χ1) is 13.7. The van der Waals surface area contributed by atoms with Crippen LogP contribution in [0.3, 0.4) is 0 Å². The highest BCUT2D eigenvalue weighted by atomic mass is 16.5. The van der Waals surface area contributed by atoms with E-state index in [0.717, 1.165) is 33.5 Å². The van der Waals surface area contributed by atoms with Crippen molar-refractivity contribution in [3.8, 4) is 34.5 Å². The molecule has 0 fully saturated rings. The van der Waals surface area contributed by atoms with Crippen molar-refractivity contribution >= 4 is 10.8 Å². The number of H-pyrrole nitrogens is 1. The van der Waals surface area contributed by atoms with Gasteiger partial charge in [-0.2, -0.15) is 4.57 Å². The minimum atomic E-state index is 0.458. The Bertz CT molecular complexity index is 1130. The van der Waals surface area contributed by atoms with E-state index in [1.54, 1.807) is 21.3 Å².